The van der Waals surface area contributed by atoms with Gasteiger partial charge in [0.1, 0.15) is 11.3 Å². The van der Waals surface area contributed by atoms with Crippen molar-refractivity contribution in [1.82, 2.24) is 10.6 Å². The third-order valence-electron chi connectivity index (χ3n) is 5.73. The van der Waals surface area contributed by atoms with E-state index in [0.717, 1.165) is 40.5 Å². The molecule has 0 aliphatic carbocycles. The van der Waals surface area contributed by atoms with Gasteiger partial charge in [0.2, 0.25) is 0 Å². The van der Waals surface area contributed by atoms with Crippen LogP contribution in [0.5, 0.6) is 0 Å². The van der Waals surface area contributed by atoms with E-state index >= 15 is 0 Å². The van der Waals surface area contributed by atoms with Crippen LogP contribution in [0.1, 0.15) is 46.0 Å². The molecule has 0 unspecified atom stereocenters. The van der Waals surface area contributed by atoms with Gasteiger partial charge in [0, 0.05) is 30.1 Å². The summed E-state index contributed by atoms with van der Waals surface area (Å²) in [5.74, 6) is 0.262. The topological polar surface area (TPSA) is 71.3 Å². The van der Waals surface area contributed by atoms with Gasteiger partial charge in [-0.05, 0) is 48.7 Å². The molecule has 5 heteroatoms. The van der Waals surface area contributed by atoms with Gasteiger partial charge in [0.25, 0.3) is 11.8 Å². The molecule has 168 valence electrons. The zero-order valence-electron chi connectivity index (χ0n) is 19.2. The highest BCUT2D eigenvalue weighted by atomic mass is 16.3. The molecule has 0 aliphatic heterocycles. The van der Waals surface area contributed by atoms with Crippen LogP contribution in [0.15, 0.2) is 71.1 Å². The Balaban J connectivity index is 1.77. The van der Waals surface area contributed by atoms with E-state index in [0.29, 0.717) is 29.0 Å². The Morgan fingerprint density at radius 2 is 1.61 bits per heavy atom. The Morgan fingerprint density at radius 3 is 2.33 bits per heavy atom. The Hall–Kier alpha value is -3.86. The fourth-order valence-corrected chi connectivity index (χ4v) is 3.86. The number of hydrogen-bond donors (Lipinski definition) is 2. The van der Waals surface area contributed by atoms with Gasteiger partial charge in [-0.25, -0.2) is 0 Å². The van der Waals surface area contributed by atoms with Crippen LogP contribution in [0.4, 0.5) is 0 Å². The number of carbonyl (C=O) groups excluding carboxylic acids is 2. The van der Waals surface area contributed by atoms with E-state index in [2.05, 4.69) is 17.6 Å². The molecule has 4 aromatic rings. The fourth-order valence-electron chi connectivity index (χ4n) is 3.86. The number of nitrogens with one attached hydrogen (secondary N) is 2. The average molecular weight is 441 g/mol. The highest BCUT2D eigenvalue weighted by molar-refractivity contribution is 6.11. The molecule has 4 rings (SSSR count). The number of benzene rings is 3. The van der Waals surface area contributed by atoms with Crippen molar-refractivity contribution in [3.05, 3.63) is 83.4 Å². The maximum absolute atomic E-state index is 12.8. The van der Waals surface area contributed by atoms with Gasteiger partial charge in [-0.1, -0.05) is 61.4 Å². The van der Waals surface area contributed by atoms with Crippen LogP contribution in [0.3, 0.4) is 0 Å². The maximum atomic E-state index is 12.8. The van der Waals surface area contributed by atoms with Gasteiger partial charge in [-0.2, -0.15) is 0 Å². The molecule has 0 radical (unpaired) electrons. The standard InChI is InChI=1S/C28H28N2O3/c1-4-5-15-30-27(31)22-8-6-7-20(16-22)21-13-14-24-23(17-21)25(28(32)29-3)26(33-24)19-11-9-18(2)10-12-19/h6-14,16-17H,4-5,15H2,1-3H3,(H,29,32)(H,30,31). The lowest BCUT2D eigenvalue weighted by atomic mass is 9.98. The molecule has 0 saturated heterocycles. The Kier molecular flexibility index (Phi) is 6.59. The first-order valence-corrected chi connectivity index (χ1v) is 11.3. The Morgan fingerprint density at radius 1 is 0.879 bits per heavy atom. The largest absolute Gasteiger partial charge is 0.455 e. The zero-order chi connectivity index (χ0) is 23.4. The lowest BCUT2D eigenvalue weighted by Gasteiger charge is -2.07. The van der Waals surface area contributed by atoms with Crippen molar-refractivity contribution >= 4 is 22.8 Å². The number of carbonyl (C=O) groups is 2. The number of unbranched alkanes of at least 4 members (excludes halogenated alkanes) is 1. The Labute approximate surface area is 193 Å². The summed E-state index contributed by atoms with van der Waals surface area (Å²) in [5, 5.41) is 6.43. The molecular weight excluding hydrogens is 412 g/mol. The first kappa shape index (κ1) is 22.3. The van der Waals surface area contributed by atoms with E-state index in [4.69, 9.17) is 4.42 Å². The zero-order valence-corrected chi connectivity index (χ0v) is 19.2. The van der Waals surface area contributed by atoms with Crippen LogP contribution in [0.2, 0.25) is 0 Å². The number of hydrogen-bond acceptors (Lipinski definition) is 3. The van der Waals surface area contributed by atoms with Crippen LogP contribution in [0, 0.1) is 6.92 Å². The molecule has 2 N–H and O–H groups in total. The van der Waals surface area contributed by atoms with E-state index < -0.39 is 0 Å². The molecule has 0 fully saturated rings. The summed E-state index contributed by atoms with van der Waals surface area (Å²) in [4.78, 5) is 25.3. The number of fused-ring (bicyclic) bond motifs is 1. The smallest absolute Gasteiger partial charge is 0.255 e. The van der Waals surface area contributed by atoms with E-state index in [9.17, 15) is 9.59 Å². The first-order chi connectivity index (χ1) is 16.0. The third kappa shape index (κ3) is 4.67. The first-order valence-electron chi connectivity index (χ1n) is 11.3. The number of furan rings is 1. The quantitative estimate of drug-likeness (QED) is 0.348. The highest BCUT2D eigenvalue weighted by Crippen LogP contribution is 2.36. The predicted molar refractivity (Wildman–Crippen MR) is 132 cm³/mol. The van der Waals surface area contributed by atoms with E-state index in [1.807, 2.05) is 73.7 Å². The van der Waals surface area contributed by atoms with E-state index in [1.54, 1.807) is 7.05 Å². The molecule has 1 aromatic heterocycles. The molecule has 2 amide bonds. The van der Waals surface area contributed by atoms with Gasteiger partial charge in [-0.3, -0.25) is 9.59 Å². The minimum atomic E-state index is -0.203. The number of amides is 2. The minimum absolute atomic E-state index is 0.0811. The molecule has 0 aliphatic rings. The van der Waals surface area contributed by atoms with Gasteiger partial charge in [0.15, 0.2) is 0 Å². The van der Waals surface area contributed by atoms with Crippen molar-refractivity contribution in [2.45, 2.75) is 26.7 Å². The van der Waals surface area contributed by atoms with Crippen molar-refractivity contribution in [2.24, 2.45) is 0 Å². The minimum Gasteiger partial charge on any atom is -0.455 e. The van der Waals surface area contributed by atoms with E-state index in [1.165, 1.54) is 0 Å². The summed E-state index contributed by atoms with van der Waals surface area (Å²) < 4.78 is 6.13. The summed E-state index contributed by atoms with van der Waals surface area (Å²) in [5.41, 5.74) is 5.56. The molecule has 0 saturated carbocycles. The van der Waals surface area contributed by atoms with E-state index in [-0.39, 0.29) is 11.8 Å². The average Bonchev–Trinajstić information content (AvgIpc) is 3.23. The molecular formula is C28H28N2O3. The van der Waals surface area contributed by atoms with Crippen LogP contribution >= 0.6 is 0 Å². The highest BCUT2D eigenvalue weighted by Gasteiger charge is 2.22. The van der Waals surface area contributed by atoms with Gasteiger partial charge in [0.05, 0.1) is 5.56 Å². The van der Waals surface area contributed by atoms with Gasteiger partial charge in [-0.15, -0.1) is 0 Å². The SMILES string of the molecule is CCCCNC(=O)c1cccc(-c2ccc3oc(-c4ccc(C)cc4)c(C(=O)NC)c3c2)c1. The van der Waals surface area contributed by atoms with Gasteiger partial charge < -0.3 is 15.1 Å². The van der Waals surface area contributed by atoms with Crippen LogP contribution < -0.4 is 10.6 Å². The molecule has 33 heavy (non-hydrogen) atoms. The number of aryl methyl sites for hydroxylation is 1. The van der Waals surface area contributed by atoms with Crippen LogP contribution in [-0.4, -0.2) is 25.4 Å². The summed E-state index contributed by atoms with van der Waals surface area (Å²) >= 11 is 0. The molecule has 1 heterocycles. The second-order valence-electron chi connectivity index (χ2n) is 8.15. The summed E-state index contributed by atoms with van der Waals surface area (Å²) in [6.45, 7) is 4.78. The number of rotatable bonds is 7. The maximum Gasteiger partial charge on any atom is 0.255 e. The van der Waals surface area contributed by atoms with Crippen molar-refractivity contribution < 1.29 is 14.0 Å². The second-order valence-corrected chi connectivity index (χ2v) is 8.15. The monoisotopic (exact) mass is 440 g/mol. The lowest BCUT2D eigenvalue weighted by molar-refractivity contribution is 0.0949. The molecule has 3 aromatic carbocycles. The Bertz CT molecular complexity index is 1300. The van der Waals surface area contributed by atoms with Crippen molar-refractivity contribution in [1.29, 1.82) is 0 Å². The molecule has 0 spiro atoms. The van der Waals surface area contributed by atoms with Gasteiger partial charge >= 0.3 is 0 Å². The molecule has 5 nitrogen and oxygen atoms in total. The summed E-state index contributed by atoms with van der Waals surface area (Å²) in [6.07, 6.45) is 1.98. The molecule has 0 bridgehead atoms. The van der Waals surface area contributed by atoms with Crippen LogP contribution in [-0.2, 0) is 0 Å². The third-order valence-corrected chi connectivity index (χ3v) is 5.73. The fraction of sp³-hybridized carbons (Fsp3) is 0.214. The van der Waals surface area contributed by atoms with Crippen molar-refractivity contribution in [2.75, 3.05) is 13.6 Å². The lowest BCUT2D eigenvalue weighted by Crippen LogP contribution is -2.24. The molecule has 0 atom stereocenters. The second kappa shape index (κ2) is 9.74. The van der Waals surface area contributed by atoms with Crippen LogP contribution in [0.25, 0.3) is 33.4 Å². The summed E-state index contributed by atoms with van der Waals surface area (Å²) in [7, 11) is 1.62. The predicted octanol–water partition coefficient (Wildman–Crippen LogP) is 5.96. The normalized spacial score (nSPS) is 10.9. The van der Waals surface area contributed by atoms with Crippen molar-refractivity contribution in [3.63, 3.8) is 0 Å². The van der Waals surface area contributed by atoms with Crippen molar-refractivity contribution in [3.8, 4) is 22.5 Å². The summed E-state index contributed by atoms with van der Waals surface area (Å²) in [6, 6.07) is 21.2.